The molecule has 0 heterocycles. The molecule has 0 aliphatic heterocycles. The summed E-state index contributed by atoms with van der Waals surface area (Å²) in [5.41, 5.74) is 0. The van der Waals surface area contributed by atoms with Gasteiger partial charge in [-0.1, -0.05) is 130 Å². The molecule has 0 saturated carbocycles. The molecule has 121 valence electrons. The Morgan fingerprint density at radius 1 is 0.522 bits per heavy atom. The Hall–Kier alpha value is -2.34. The van der Waals surface area contributed by atoms with Gasteiger partial charge in [0.1, 0.15) is 0 Å². The highest BCUT2D eigenvalue weighted by Gasteiger charge is 1.79. The molecule has 0 spiro atoms. The van der Waals surface area contributed by atoms with Crippen molar-refractivity contribution in [1.82, 2.24) is 0 Å². The van der Waals surface area contributed by atoms with Crippen LogP contribution in [0.1, 0.15) is 32.6 Å². The fourth-order valence-electron chi connectivity index (χ4n) is 1.59. The maximum atomic E-state index is 5.21. The zero-order valence-corrected chi connectivity index (χ0v) is 14.2. The second-order valence-corrected chi connectivity index (χ2v) is 4.81. The topological polar surface area (TPSA) is 0 Å². The predicted octanol–water partition coefficient (Wildman–Crippen LogP) is 7.01. The highest BCUT2D eigenvalue weighted by Crippen LogP contribution is 1.99. The van der Waals surface area contributed by atoms with Crippen LogP contribution in [-0.2, 0) is 0 Å². The average molecular weight is 305 g/mol. The van der Waals surface area contributed by atoms with Crippen molar-refractivity contribution in [3.05, 3.63) is 110 Å². The number of allylic oxidation sites excluding steroid dienone is 17. The molecular weight excluding hydrogens is 276 g/mol. The van der Waals surface area contributed by atoms with Crippen LogP contribution in [0.5, 0.6) is 0 Å². The summed E-state index contributed by atoms with van der Waals surface area (Å²) < 4.78 is 0. The van der Waals surface area contributed by atoms with Crippen LogP contribution in [0.15, 0.2) is 103 Å². The van der Waals surface area contributed by atoms with Crippen LogP contribution in [0.3, 0.4) is 0 Å². The molecule has 0 fully saturated rings. The number of hydrogen-bond donors (Lipinski definition) is 0. The first-order valence-corrected chi connectivity index (χ1v) is 8.28. The van der Waals surface area contributed by atoms with E-state index in [0.29, 0.717) is 0 Å². The molecule has 0 N–H and O–H groups in total. The molecule has 0 amide bonds. The Bertz CT molecular complexity index is 488. The van der Waals surface area contributed by atoms with Crippen molar-refractivity contribution in [3.8, 4) is 0 Å². The lowest BCUT2D eigenvalue weighted by atomic mass is 10.2. The zero-order chi connectivity index (χ0) is 16.8. The summed E-state index contributed by atoms with van der Waals surface area (Å²) in [6.07, 6.45) is 38.6. The van der Waals surface area contributed by atoms with Crippen LogP contribution < -0.4 is 0 Å². The minimum absolute atomic E-state index is 1.18. The molecule has 0 saturated heterocycles. The van der Waals surface area contributed by atoms with E-state index in [2.05, 4.69) is 25.2 Å². The van der Waals surface area contributed by atoms with Gasteiger partial charge in [-0.2, -0.15) is 0 Å². The Balaban J connectivity index is 3.77. The third-order valence-corrected chi connectivity index (χ3v) is 2.78. The maximum Gasteiger partial charge on any atom is -0.0348 e. The molecule has 0 heteroatoms. The van der Waals surface area contributed by atoms with Crippen LogP contribution in [0.4, 0.5) is 0 Å². The van der Waals surface area contributed by atoms with E-state index in [-0.39, 0.29) is 0 Å². The molecule has 0 aliphatic carbocycles. The van der Waals surface area contributed by atoms with Gasteiger partial charge in [-0.05, 0) is 12.8 Å². The van der Waals surface area contributed by atoms with Gasteiger partial charge in [0.2, 0.25) is 0 Å². The number of unbranched alkanes of at least 4 members (excludes halogenated alkanes) is 3. The van der Waals surface area contributed by atoms with Crippen LogP contribution in [0.25, 0.3) is 0 Å². The standard InChI is InChI=1S/C23H29/c1-3-5-7-9-11-13-15-17-19-21-23-22-20-18-16-14-12-10-8-6-4-2/h1,3,5,7,9,11-23H,4,6,8,10H2,2H3. The van der Waals surface area contributed by atoms with Crippen molar-refractivity contribution in [1.29, 1.82) is 0 Å². The minimum Gasteiger partial charge on any atom is -0.0845 e. The van der Waals surface area contributed by atoms with Gasteiger partial charge in [-0.15, -0.1) is 0 Å². The fourth-order valence-corrected chi connectivity index (χ4v) is 1.59. The Morgan fingerprint density at radius 3 is 1.30 bits per heavy atom. The van der Waals surface area contributed by atoms with Gasteiger partial charge in [-0.25, -0.2) is 0 Å². The molecule has 0 aromatic rings. The van der Waals surface area contributed by atoms with E-state index in [1.807, 2.05) is 72.9 Å². The number of rotatable bonds is 12. The van der Waals surface area contributed by atoms with E-state index < -0.39 is 0 Å². The smallest absolute Gasteiger partial charge is 0.0348 e. The molecule has 0 aromatic heterocycles. The molecular formula is C23H29. The first-order chi connectivity index (χ1) is 11.4. The lowest BCUT2D eigenvalue weighted by molar-refractivity contribution is 0.729. The van der Waals surface area contributed by atoms with Crippen LogP contribution in [0, 0.1) is 6.58 Å². The fraction of sp³-hybridized carbons (Fsp3) is 0.217. The average Bonchev–Trinajstić information content (AvgIpc) is 2.57. The lowest BCUT2D eigenvalue weighted by Crippen LogP contribution is -1.69. The molecule has 0 nitrogen and oxygen atoms in total. The highest BCUT2D eigenvalue weighted by molar-refractivity contribution is 5.21. The summed E-state index contributed by atoms with van der Waals surface area (Å²) in [5, 5.41) is 0. The van der Waals surface area contributed by atoms with Gasteiger partial charge < -0.3 is 0 Å². The summed E-state index contributed by atoms with van der Waals surface area (Å²) in [6, 6.07) is 0. The van der Waals surface area contributed by atoms with Gasteiger partial charge in [0, 0.05) is 0 Å². The monoisotopic (exact) mass is 305 g/mol. The third-order valence-electron chi connectivity index (χ3n) is 2.78. The Morgan fingerprint density at radius 2 is 0.913 bits per heavy atom. The van der Waals surface area contributed by atoms with E-state index in [9.17, 15) is 0 Å². The van der Waals surface area contributed by atoms with Crippen molar-refractivity contribution in [3.63, 3.8) is 0 Å². The van der Waals surface area contributed by atoms with Crippen LogP contribution >= 0.6 is 0 Å². The molecule has 0 aliphatic rings. The van der Waals surface area contributed by atoms with Crippen molar-refractivity contribution < 1.29 is 0 Å². The molecule has 0 unspecified atom stereocenters. The lowest BCUT2D eigenvalue weighted by Gasteiger charge is -1.89. The van der Waals surface area contributed by atoms with Gasteiger partial charge in [0.05, 0.1) is 0 Å². The Labute approximate surface area is 143 Å². The van der Waals surface area contributed by atoms with E-state index in [0.717, 1.165) is 0 Å². The summed E-state index contributed by atoms with van der Waals surface area (Å²) >= 11 is 0. The molecule has 0 atom stereocenters. The van der Waals surface area contributed by atoms with E-state index in [1.165, 1.54) is 31.8 Å². The maximum absolute atomic E-state index is 5.21. The van der Waals surface area contributed by atoms with Gasteiger partial charge in [-0.3, -0.25) is 0 Å². The summed E-state index contributed by atoms with van der Waals surface area (Å²) in [7, 11) is 0. The van der Waals surface area contributed by atoms with Gasteiger partial charge in [0.25, 0.3) is 0 Å². The first-order valence-electron chi connectivity index (χ1n) is 8.28. The molecule has 0 aromatic carbocycles. The molecule has 0 rings (SSSR count). The first kappa shape index (κ1) is 20.7. The molecule has 0 bridgehead atoms. The van der Waals surface area contributed by atoms with Crippen molar-refractivity contribution in [2.45, 2.75) is 32.6 Å². The summed E-state index contributed by atoms with van der Waals surface area (Å²) in [6.45, 7) is 7.44. The SMILES string of the molecule is [CH]=CC=CC=CC=CC=CC=CC=CC=CC=CCCCCC. The van der Waals surface area contributed by atoms with Crippen molar-refractivity contribution in [2.75, 3.05) is 0 Å². The van der Waals surface area contributed by atoms with Gasteiger partial charge in [0.15, 0.2) is 0 Å². The number of hydrogen-bond acceptors (Lipinski definition) is 0. The van der Waals surface area contributed by atoms with Crippen LogP contribution in [-0.4, -0.2) is 0 Å². The second-order valence-electron chi connectivity index (χ2n) is 4.81. The largest absolute Gasteiger partial charge is 0.0845 e. The third kappa shape index (κ3) is 19.7. The zero-order valence-electron chi connectivity index (χ0n) is 14.2. The Kier molecular flexibility index (Phi) is 17.7. The summed E-state index contributed by atoms with van der Waals surface area (Å²) in [5.74, 6) is 0. The highest BCUT2D eigenvalue weighted by atomic mass is 13.9. The quantitative estimate of drug-likeness (QED) is 0.269. The van der Waals surface area contributed by atoms with Gasteiger partial charge >= 0.3 is 0 Å². The van der Waals surface area contributed by atoms with E-state index >= 15 is 0 Å². The molecule has 23 heavy (non-hydrogen) atoms. The van der Waals surface area contributed by atoms with E-state index in [1.54, 1.807) is 6.08 Å². The predicted molar refractivity (Wildman–Crippen MR) is 106 cm³/mol. The van der Waals surface area contributed by atoms with E-state index in [4.69, 9.17) is 6.58 Å². The summed E-state index contributed by atoms with van der Waals surface area (Å²) in [4.78, 5) is 0. The van der Waals surface area contributed by atoms with Crippen LogP contribution in [0.2, 0.25) is 0 Å². The van der Waals surface area contributed by atoms with Crippen molar-refractivity contribution >= 4 is 0 Å². The minimum atomic E-state index is 1.18. The van der Waals surface area contributed by atoms with Crippen molar-refractivity contribution in [2.24, 2.45) is 0 Å². The second kappa shape index (κ2) is 19.7. The molecule has 1 radical (unpaired) electrons. The normalized spacial score (nSPS) is 13.8.